The van der Waals surface area contributed by atoms with Gasteiger partial charge in [0.25, 0.3) is 0 Å². The van der Waals surface area contributed by atoms with E-state index in [-0.39, 0.29) is 0 Å². The molecule has 2 unspecified atom stereocenters. The Bertz CT molecular complexity index is 345. The molecule has 1 aromatic rings. The number of aryl methyl sites for hydroxylation is 1. The van der Waals surface area contributed by atoms with Gasteiger partial charge in [-0.3, -0.25) is 0 Å². The number of hydrogen-bond donors (Lipinski definition) is 1. The van der Waals surface area contributed by atoms with Crippen LogP contribution in [0.15, 0.2) is 24.3 Å². The molecule has 1 heterocycles. The highest BCUT2D eigenvalue weighted by atomic mass is 32.2. The average Bonchev–Trinajstić information content (AvgIpc) is 2.85. The van der Waals surface area contributed by atoms with Crippen LogP contribution in [0.1, 0.15) is 30.9 Å². The first kappa shape index (κ1) is 13.0. The smallest absolute Gasteiger partial charge is 0.0226 e. The van der Waals surface area contributed by atoms with E-state index < -0.39 is 0 Å². The highest BCUT2D eigenvalue weighted by molar-refractivity contribution is 8.00. The third-order valence-corrected chi connectivity index (χ3v) is 5.10. The first-order valence-electron chi connectivity index (χ1n) is 6.70. The van der Waals surface area contributed by atoms with Gasteiger partial charge in [-0.05, 0) is 49.6 Å². The van der Waals surface area contributed by atoms with Crippen LogP contribution in [0.3, 0.4) is 0 Å². The first-order valence-corrected chi connectivity index (χ1v) is 7.75. The largest absolute Gasteiger partial charge is 0.313 e. The van der Waals surface area contributed by atoms with E-state index in [1.807, 2.05) is 0 Å². The summed E-state index contributed by atoms with van der Waals surface area (Å²) in [6.45, 7) is 5.51. The zero-order valence-corrected chi connectivity index (χ0v) is 11.7. The van der Waals surface area contributed by atoms with Crippen LogP contribution in [0.2, 0.25) is 0 Å². The molecule has 0 amide bonds. The standard InChI is InChI=1S/C15H23NS/c1-3-16-14(15-9-6-10-17-15)11-13-8-5-4-7-12(13)2/h4-5,7-8,14-16H,3,6,9-11H2,1-2H3. The maximum atomic E-state index is 3.68. The first-order chi connectivity index (χ1) is 8.31. The third kappa shape index (κ3) is 3.49. The number of thioether (sulfide) groups is 1. The molecule has 1 aliphatic rings. The molecule has 0 saturated carbocycles. The van der Waals surface area contributed by atoms with E-state index in [1.165, 1.54) is 36.1 Å². The minimum absolute atomic E-state index is 0.647. The van der Waals surface area contributed by atoms with Gasteiger partial charge in [0.15, 0.2) is 0 Å². The second-order valence-electron chi connectivity index (χ2n) is 4.85. The molecule has 1 nitrogen and oxygen atoms in total. The second-order valence-corrected chi connectivity index (χ2v) is 6.19. The van der Waals surface area contributed by atoms with Crippen molar-refractivity contribution in [2.45, 2.75) is 44.4 Å². The van der Waals surface area contributed by atoms with Gasteiger partial charge in [0.1, 0.15) is 0 Å². The predicted octanol–water partition coefficient (Wildman–Crippen LogP) is 3.41. The highest BCUT2D eigenvalue weighted by Gasteiger charge is 2.25. The summed E-state index contributed by atoms with van der Waals surface area (Å²) in [4.78, 5) is 0. The number of nitrogens with one attached hydrogen (secondary N) is 1. The lowest BCUT2D eigenvalue weighted by Gasteiger charge is -2.24. The predicted molar refractivity (Wildman–Crippen MR) is 77.8 cm³/mol. The van der Waals surface area contributed by atoms with Crippen molar-refractivity contribution >= 4 is 11.8 Å². The molecule has 2 heteroatoms. The minimum atomic E-state index is 0.647. The van der Waals surface area contributed by atoms with Gasteiger partial charge in [-0.1, -0.05) is 31.2 Å². The van der Waals surface area contributed by atoms with E-state index in [0.29, 0.717) is 6.04 Å². The van der Waals surface area contributed by atoms with Crippen LogP contribution in [-0.4, -0.2) is 23.6 Å². The maximum absolute atomic E-state index is 3.68. The van der Waals surface area contributed by atoms with Gasteiger partial charge in [0, 0.05) is 11.3 Å². The SMILES string of the molecule is CCNC(Cc1ccccc1C)C1CCCS1. The molecule has 94 valence electrons. The molecule has 2 atom stereocenters. The summed E-state index contributed by atoms with van der Waals surface area (Å²) in [6, 6.07) is 9.44. The summed E-state index contributed by atoms with van der Waals surface area (Å²) in [6.07, 6.45) is 3.96. The molecule has 0 aromatic heterocycles. The average molecular weight is 249 g/mol. The van der Waals surface area contributed by atoms with Crippen molar-refractivity contribution in [3.05, 3.63) is 35.4 Å². The second kappa shape index (κ2) is 6.46. The molecule has 0 bridgehead atoms. The maximum Gasteiger partial charge on any atom is 0.0226 e. The number of rotatable bonds is 5. The fourth-order valence-electron chi connectivity index (χ4n) is 2.59. The van der Waals surface area contributed by atoms with Crippen LogP contribution < -0.4 is 5.32 Å². The van der Waals surface area contributed by atoms with Gasteiger partial charge >= 0.3 is 0 Å². The molecule has 17 heavy (non-hydrogen) atoms. The molecular formula is C15H23NS. The lowest BCUT2D eigenvalue weighted by molar-refractivity contribution is 0.494. The van der Waals surface area contributed by atoms with Crippen molar-refractivity contribution in [1.29, 1.82) is 0 Å². The van der Waals surface area contributed by atoms with Gasteiger partial charge in [-0.25, -0.2) is 0 Å². The summed E-state index contributed by atoms with van der Waals surface area (Å²) in [5, 5.41) is 4.49. The van der Waals surface area contributed by atoms with E-state index >= 15 is 0 Å². The summed E-state index contributed by atoms with van der Waals surface area (Å²) in [5.41, 5.74) is 2.93. The Morgan fingerprint density at radius 2 is 2.24 bits per heavy atom. The Kier molecular flexibility index (Phi) is 4.93. The Labute approximate surface area is 109 Å². The molecule has 1 aromatic carbocycles. The molecule has 1 aliphatic heterocycles. The van der Waals surface area contributed by atoms with E-state index in [2.05, 4.69) is 55.2 Å². The Hall–Kier alpha value is -0.470. The summed E-state index contributed by atoms with van der Waals surface area (Å²) in [7, 11) is 0. The van der Waals surface area contributed by atoms with Crippen LogP contribution >= 0.6 is 11.8 Å². The van der Waals surface area contributed by atoms with Crippen molar-refractivity contribution in [1.82, 2.24) is 5.32 Å². The van der Waals surface area contributed by atoms with Gasteiger partial charge in [0.2, 0.25) is 0 Å². The zero-order valence-electron chi connectivity index (χ0n) is 10.9. The van der Waals surface area contributed by atoms with Gasteiger partial charge in [0.05, 0.1) is 0 Å². The monoisotopic (exact) mass is 249 g/mol. The van der Waals surface area contributed by atoms with E-state index in [4.69, 9.17) is 0 Å². The zero-order chi connectivity index (χ0) is 12.1. The van der Waals surface area contributed by atoms with Crippen molar-refractivity contribution in [2.24, 2.45) is 0 Å². The van der Waals surface area contributed by atoms with Crippen molar-refractivity contribution in [2.75, 3.05) is 12.3 Å². The molecular weight excluding hydrogens is 226 g/mol. The normalized spacial score (nSPS) is 21.6. The van der Waals surface area contributed by atoms with Crippen molar-refractivity contribution in [3.8, 4) is 0 Å². The van der Waals surface area contributed by atoms with Crippen LogP contribution in [0.5, 0.6) is 0 Å². The minimum Gasteiger partial charge on any atom is -0.313 e. The topological polar surface area (TPSA) is 12.0 Å². The third-order valence-electron chi connectivity index (χ3n) is 3.58. The summed E-state index contributed by atoms with van der Waals surface area (Å²) >= 11 is 2.15. The summed E-state index contributed by atoms with van der Waals surface area (Å²) in [5.74, 6) is 1.35. The van der Waals surface area contributed by atoms with Gasteiger partial charge in [-0.15, -0.1) is 0 Å². The number of hydrogen-bond acceptors (Lipinski definition) is 2. The fourth-order valence-corrected chi connectivity index (χ4v) is 3.99. The quantitative estimate of drug-likeness (QED) is 0.858. The van der Waals surface area contributed by atoms with E-state index in [0.717, 1.165) is 11.8 Å². The molecule has 1 fully saturated rings. The molecule has 0 spiro atoms. The van der Waals surface area contributed by atoms with Gasteiger partial charge < -0.3 is 5.32 Å². The Morgan fingerprint density at radius 1 is 1.41 bits per heavy atom. The van der Waals surface area contributed by atoms with E-state index in [1.54, 1.807) is 0 Å². The molecule has 0 radical (unpaired) electrons. The lowest BCUT2D eigenvalue weighted by atomic mass is 9.97. The Morgan fingerprint density at radius 3 is 2.88 bits per heavy atom. The van der Waals surface area contributed by atoms with Gasteiger partial charge in [-0.2, -0.15) is 11.8 Å². The number of benzene rings is 1. The van der Waals surface area contributed by atoms with Crippen LogP contribution in [0, 0.1) is 6.92 Å². The molecule has 0 aliphatic carbocycles. The Balaban J connectivity index is 2.04. The van der Waals surface area contributed by atoms with Crippen molar-refractivity contribution in [3.63, 3.8) is 0 Å². The molecule has 1 saturated heterocycles. The van der Waals surface area contributed by atoms with Crippen LogP contribution in [-0.2, 0) is 6.42 Å². The van der Waals surface area contributed by atoms with Crippen molar-refractivity contribution < 1.29 is 0 Å². The van der Waals surface area contributed by atoms with E-state index in [9.17, 15) is 0 Å². The number of likely N-dealkylation sites (N-methyl/N-ethyl adjacent to an activating group) is 1. The lowest BCUT2D eigenvalue weighted by Crippen LogP contribution is -2.39. The molecule has 2 rings (SSSR count). The fraction of sp³-hybridized carbons (Fsp3) is 0.600. The van der Waals surface area contributed by atoms with Crippen LogP contribution in [0.25, 0.3) is 0 Å². The summed E-state index contributed by atoms with van der Waals surface area (Å²) < 4.78 is 0. The molecule has 1 N–H and O–H groups in total. The highest BCUT2D eigenvalue weighted by Crippen LogP contribution is 2.30. The van der Waals surface area contributed by atoms with Crippen LogP contribution in [0.4, 0.5) is 0 Å².